The summed E-state index contributed by atoms with van der Waals surface area (Å²) in [4.78, 5) is 50.9. The van der Waals surface area contributed by atoms with Crippen LogP contribution in [0, 0.1) is 17.8 Å². The van der Waals surface area contributed by atoms with Crippen LogP contribution in [0.15, 0.2) is 35.5 Å². The summed E-state index contributed by atoms with van der Waals surface area (Å²) in [6.07, 6.45) is -2.40. The lowest BCUT2D eigenvalue weighted by atomic mass is 9.83. The molecule has 0 radical (unpaired) electrons. The van der Waals surface area contributed by atoms with E-state index in [1.54, 1.807) is 27.7 Å². The second-order valence-corrected chi connectivity index (χ2v) is 9.01. The van der Waals surface area contributed by atoms with Crippen molar-refractivity contribution in [1.82, 2.24) is 0 Å². The van der Waals surface area contributed by atoms with Gasteiger partial charge in [0.05, 0.1) is 43.1 Å². The Kier molecular flexibility index (Phi) is 9.79. The molecule has 2 N–H and O–H groups in total. The van der Waals surface area contributed by atoms with Gasteiger partial charge in [0, 0.05) is 12.0 Å². The highest BCUT2D eigenvalue weighted by Gasteiger charge is 2.51. The van der Waals surface area contributed by atoms with E-state index in [-0.39, 0.29) is 17.6 Å². The van der Waals surface area contributed by atoms with Crippen LogP contribution in [0.4, 0.5) is 0 Å². The van der Waals surface area contributed by atoms with Gasteiger partial charge in [-0.1, -0.05) is 34.3 Å². The quantitative estimate of drug-likeness (QED) is 0.230. The van der Waals surface area contributed by atoms with Crippen LogP contribution in [0.2, 0.25) is 0 Å². The first-order valence-corrected chi connectivity index (χ1v) is 11.5. The Morgan fingerprint density at radius 2 is 1.83 bits per heavy atom. The molecule has 0 aromatic rings. The Hall–Kier alpha value is -2.98. The molecule has 2 rings (SSSR count). The molecule has 0 aromatic carbocycles. The van der Waals surface area contributed by atoms with Crippen LogP contribution >= 0.6 is 0 Å². The van der Waals surface area contributed by atoms with Crippen molar-refractivity contribution in [3.05, 3.63) is 35.5 Å². The van der Waals surface area contributed by atoms with Crippen LogP contribution in [-0.2, 0) is 38.1 Å². The highest BCUT2D eigenvalue weighted by Crippen LogP contribution is 2.38. The van der Waals surface area contributed by atoms with Crippen LogP contribution in [0.5, 0.6) is 0 Å². The Morgan fingerprint density at radius 1 is 1.17 bits per heavy atom. The summed E-state index contributed by atoms with van der Waals surface area (Å²) < 4.78 is 21.8. The lowest BCUT2D eigenvalue weighted by Crippen LogP contribution is -2.47. The van der Waals surface area contributed by atoms with Crippen molar-refractivity contribution in [2.75, 3.05) is 13.7 Å². The minimum Gasteiger partial charge on any atom is -0.466 e. The minimum absolute atomic E-state index is 0.0555. The van der Waals surface area contributed by atoms with Gasteiger partial charge in [-0.2, -0.15) is 0 Å². The molecule has 0 amide bonds. The first kappa shape index (κ1) is 28.3. The van der Waals surface area contributed by atoms with Gasteiger partial charge >= 0.3 is 23.9 Å². The first-order valence-electron chi connectivity index (χ1n) is 11.5. The summed E-state index contributed by atoms with van der Waals surface area (Å²) in [6, 6.07) is 0. The van der Waals surface area contributed by atoms with E-state index in [0.29, 0.717) is 12.0 Å². The zero-order valence-electron chi connectivity index (χ0n) is 20.7. The Bertz CT molecular complexity index is 915. The fourth-order valence-electron chi connectivity index (χ4n) is 3.79. The Labute approximate surface area is 204 Å². The molecule has 1 aliphatic heterocycles. The summed E-state index contributed by atoms with van der Waals surface area (Å²) in [5.74, 6) is -5.27. The summed E-state index contributed by atoms with van der Waals surface area (Å²) in [5.41, 5.74) is -0.0113. The standard InChI is InChI=1S/C25H34O10/c1-7-13(4)23(29)34-20-17(25(31)32-6)10-16(27)8-15(11-26)9-18-19(14(5)24(30)33-18)21(20)35-22(28)12(2)3/h9-10,12-13,16,18-21,26-27H,5,7-8,11H2,1-4,6H3. The van der Waals surface area contributed by atoms with Gasteiger partial charge in [0.15, 0.2) is 12.2 Å². The fourth-order valence-corrected chi connectivity index (χ4v) is 3.79. The first-order chi connectivity index (χ1) is 16.4. The van der Waals surface area contributed by atoms with Crippen LogP contribution in [0.1, 0.15) is 40.5 Å². The number of fused-ring (bicyclic) bond motifs is 1. The molecule has 2 aliphatic rings. The van der Waals surface area contributed by atoms with Crippen molar-refractivity contribution < 1.29 is 48.3 Å². The SMILES string of the molecule is C=C1C(=O)OC2C=C(CO)CC(O)C=C(C(=O)OC)C(OC(=O)C(C)CC)C(OC(=O)C(C)C)C12. The van der Waals surface area contributed by atoms with Gasteiger partial charge in [0.1, 0.15) is 6.10 Å². The van der Waals surface area contributed by atoms with Crippen LogP contribution in [0.25, 0.3) is 0 Å². The topological polar surface area (TPSA) is 146 Å². The molecular formula is C25H34O10. The number of ether oxygens (including phenoxy) is 4. The molecule has 194 valence electrons. The van der Waals surface area contributed by atoms with Crippen molar-refractivity contribution in [3.63, 3.8) is 0 Å². The Morgan fingerprint density at radius 3 is 2.37 bits per heavy atom. The van der Waals surface area contributed by atoms with E-state index in [0.717, 1.165) is 13.2 Å². The van der Waals surface area contributed by atoms with E-state index in [2.05, 4.69) is 6.58 Å². The molecule has 0 saturated carbocycles. The monoisotopic (exact) mass is 494 g/mol. The molecule has 1 aliphatic carbocycles. The van der Waals surface area contributed by atoms with Gasteiger partial charge in [-0.05, 0) is 24.1 Å². The number of hydrogen-bond acceptors (Lipinski definition) is 10. The predicted molar refractivity (Wildman–Crippen MR) is 122 cm³/mol. The van der Waals surface area contributed by atoms with E-state index < -0.39 is 72.7 Å². The molecule has 0 bridgehead atoms. The predicted octanol–water partition coefficient (Wildman–Crippen LogP) is 1.39. The molecular weight excluding hydrogens is 460 g/mol. The lowest BCUT2D eigenvalue weighted by molar-refractivity contribution is -0.175. The molecule has 10 nitrogen and oxygen atoms in total. The second-order valence-electron chi connectivity index (χ2n) is 9.01. The third-order valence-corrected chi connectivity index (χ3v) is 6.07. The molecule has 1 saturated heterocycles. The van der Waals surface area contributed by atoms with Gasteiger partial charge in [0.2, 0.25) is 0 Å². The minimum atomic E-state index is -1.54. The number of carbonyl (C=O) groups excluding carboxylic acids is 4. The normalized spacial score (nSPS) is 27.7. The zero-order chi connectivity index (χ0) is 26.4. The van der Waals surface area contributed by atoms with E-state index in [4.69, 9.17) is 18.9 Å². The fraction of sp³-hybridized carbons (Fsp3) is 0.600. The van der Waals surface area contributed by atoms with Crippen molar-refractivity contribution in [2.45, 2.75) is 65.0 Å². The number of methoxy groups -OCH3 is 1. The zero-order valence-corrected chi connectivity index (χ0v) is 20.7. The van der Waals surface area contributed by atoms with E-state index in [1.165, 1.54) is 6.08 Å². The van der Waals surface area contributed by atoms with E-state index in [1.807, 2.05) is 0 Å². The number of aliphatic hydroxyl groups excluding tert-OH is 2. The second kappa shape index (κ2) is 12.1. The van der Waals surface area contributed by atoms with Crippen LogP contribution < -0.4 is 0 Å². The molecule has 6 atom stereocenters. The van der Waals surface area contributed by atoms with E-state index in [9.17, 15) is 29.4 Å². The van der Waals surface area contributed by atoms with Crippen molar-refractivity contribution in [3.8, 4) is 0 Å². The van der Waals surface area contributed by atoms with Crippen LogP contribution in [-0.4, -0.2) is 72.2 Å². The molecule has 0 spiro atoms. The summed E-state index contributed by atoms with van der Waals surface area (Å²) in [5, 5.41) is 20.4. The van der Waals surface area contributed by atoms with Gasteiger partial charge in [-0.25, -0.2) is 9.59 Å². The number of hydrogen-bond donors (Lipinski definition) is 2. The average Bonchev–Trinajstić information content (AvgIpc) is 3.09. The van der Waals surface area contributed by atoms with Crippen molar-refractivity contribution in [2.24, 2.45) is 17.8 Å². The van der Waals surface area contributed by atoms with Gasteiger partial charge in [-0.3, -0.25) is 9.59 Å². The number of esters is 4. The summed E-state index contributed by atoms with van der Waals surface area (Å²) in [7, 11) is 1.11. The highest BCUT2D eigenvalue weighted by molar-refractivity contribution is 5.93. The highest BCUT2D eigenvalue weighted by atomic mass is 16.6. The van der Waals surface area contributed by atoms with Crippen molar-refractivity contribution >= 4 is 23.9 Å². The van der Waals surface area contributed by atoms with Gasteiger partial charge in [-0.15, -0.1) is 0 Å². The summed E-state index contributed by atoms with van der Waals surface area (Å²) in [6.45, 7) is 9.92. The molecule has 35 heavy (non-hydrogen) atoms. The van der Waals surface area contributed by atoms with Gasteiger partial charge in [0.25, 0.3) is 0 Å². The maximum Gasteiger partial charge on any atom is 0.337 e. The van der Waals surface area contributed by atoms with Crippen molar-refractivity contribution in [1.29, 1.82) is 0 Å². The Balaban J connectivity index is 2.79. The third kappa shape index (κ3) is 6.58. The smallest absolute Gasteiger partial charge is 0.337 e. The van der Waals surface area contributed by atoms with E-state index >= 15 is 0 Å². The van der Waals surface area contributed by atoms with Crippen LogP contribution in [0.3, 0.4) is 0 Å². The largest absolute Gasteiger partial charge is 0.466 e. The average molecular weight is 495 g/mol. The molecule has 6 unspecified atom stereocenters. The molecule has 10 heteroatoms. The number of rotatable bonds is 7. The number of carbonyl (C=O) groups is 4. The molecule has 1 heterocycles. The lowest BCUT2D eigenvalue weighted by Gasteiger charge is -2.34. The maximum atomic E-state index is 12.9. The molecule has 1 fully saturated rings. The van der Waals surface area contributed by atoms with Gasteiger partial charge < -0.3 is 29.2 Å². The third-order valence-electron chi connectivity index (χ3n) is 6.07. The molecule has 0 aromatic heterocycles. The maximum absolute atomic E-state index is 12.9. The number of aliphatic hydroxyl groups is 2. The summed E-state index contributed by atoms with van der Waals surface area (Å²) >= 11 is 0.